The van der Waals surface area contributed by atoms with Gasteiger partial charge in [-0.1, -0.05) is 0 Å². The molecule has 1 rings (SSSR count). The van der Waals surface area contributed by atoms with Crippen molar-refractivity contribution in [3.05, 3.63) is 21.8 Å². The highest BCUT2D eigenvalue weighted by molar-refractivity contribution is 14.1. The molecule has 0 aromatic heterocycles. The van der Waals surface area contributed by atoms with Crippen LogP contribution in [0.4, 0.5) is 11.4 Å². The van der Waals surface area contributed by atoms with E-state index < -0.39 is 0 Å². The van der Waals surface area contributed by atoms with Gasteiger partial charge in [-0.15, -0.1) is 0 Å². The summed E-state index contributed by atoms with van der Waals surface area (Å²) in [5.74, 6) is 0. The Labute approximate surface area is 105 Å². The van der Waals surface area contributed by atoms with Crippen LogP contribution in [0.2, 0.25) is 0 Å². The third-order valence-electron chi connectivity index (χ3n) is 2.27. The van der Waals surface area contributed by atoms with E-state index in [0.29, 0.717) is 0 Å². The smallest absolute Gasteiger partial charge is 0.0794 e. The molecule has 0 fully saturated rings. The highest BCUT2D eigenvalue weighted by Gasteiger charge is 2.15. The van der Waals surface area contributed by atoms with Crippen LogP contribution in [0.25, 0.3) is 0 Å². The van der Waals surface area contributed by atoms with E-state index in [9.17, 15) is 0 Å². The third kappa shape index (κ3) is 3.87. The summed E-state index contributed by atoms with van der Waals surface area (Å²) in [6.45, 7) is 4.79. The lowest BCUT2D eigenvalue weighted by atomic mass is 10.1. The lowest BCUT2D eigenvalue weighted by molar-refractivity contribution is 0.0344. The average Bonchev–Trinajstić information content (AvgIpc) is 2.16. The minimum atomic E-state index is -0.185. The Morgan fingerprint density at radius 3 is 2.67 bits per heavy atom. The Kier molecular flexibility index (Phi) is 4.21. The normalized spacial score (nSPS) is 11.5. The van der Waals surface area contributed by atoms with E-state index in [1.165, 1.54) is 0 Å². The fourth-order valence-corrected chi connectivity index (χ4v) is 1.59. The maximum Gasteiger partial charge on any atom is 0.0794 e. The topological polar surface area (TPSA) is 47.3 Å². The van der Waals surface area contributed by atoms with Gasteiger partial charge in [0.2, 0.25) is 0 Å². The van der Waals surface area contributed by atoms with Crippen molar-refractivity contribution in [1.29, 1.82) is 0 Å². The van der Waals surface area contributed by atoms with Gasteiger partial charge in [0, 0.05) is 17.2 Å². The zero-order valence-electron chi connectivity index (χ0n) is 9.30. The second kappa shape index (κ2) is 5.03. The van der Waals surface area contributed by atoms with Crippen LogP contribution < -0.4 is 11.1 Å². The minimum Gasteiger partial charge on any atom is -0.397 e. The molecule has 0 aliphatic carbocycles. The number of nitrogens with two attached hydrogens (primary N) is 1. The Hall–Kier alpha value is -0.490. The molecule has 0 spiro atoms. The quantitative estimate of drug-likeness (QED) is 0.662. The van der Waals surface area contributed by atoms with Gasteiger partial charge in [-0.25, -0.2) is 0 Å². The van der Waals surface area contributed by atoms with Crippen LogP contribution in [0.5, 0.6) is 0 Å². The van der Waals surface area contributed by atoms with E-state index in [4.69, 9.17) is 10.5 Å². The van der Waals surface area contributed by atoms with E-state index >= 15 is 0 Å². The van der Waals surface area contributed by atoms with Crippen molar-refractivity contribution in [1.82, 2.24) is 0 Å². The number of nitrogen functional groups attached to an aromatic ring is 1. The molecule has 0 saturated heterocycles. The fraction of sp³-hybridized carbons (Fsp3) is 0.455. The maximum atomic E-state index is 5.88. The first-order chi connectivity index (χ1) is 6.94. The number of rotatable bonds is 4. The molecule has 0 aliphatic rings. The Balaban J connectivity index is 2.66. The first kappa shape index (κ1) is 12.6. The van der Waals surface area contributed by atoms with Crippen molar-refractivity contribution in [2.24, 2.45) is 0 Å². The van der Waals surface area contributed by atoms with Crippen LogP contribution in [0.15, 0.2) is 18.2 Å². The van der Waals surface area contributed by atoms with Gasteiger partial charge in [0.25, 0.3) is 0 Å². The molecule has 0 atom stereocenters. The number of hydrogen-bond donors (Lipinski definition) is 2. The molecule has 0 heterocycles. The summed E-state index contributed by atoms with van der Waals surface area (Å²) in [5, 5.41) is 3.28. The van der Waals surface area contributed by atoms with Crippen LogP contribution >= 0.6 is 22.6 Å². The molecule has 15 heavy (non-hydrogen) atoms. The van der Waals surface area contributed by atoms with Crippen LogP contribution in [0.3, 0.4) is 0 Å². The number of anilines is 2. The lowest BCUT2D eigenvalue weighted by Gasteiger charge is -2.24. The second-order valence-corrected chi connectivity index (χ2v) is 5.29. The highest BCUT2D eigenvalue weighted by atomic mass is 127. The van der Waals surface area contributed by atoms with Crippen molar-refractivity contribution in [2.45, 2.75) is 19.4 Å². The molecule has 3 N–H and O–H groups in total. The first-order valence-corrected chi connectivity index (χ1v) is 5.86. The number of hydrogen-bond acceptors (Lipinski definition) is 3. The van der Waals surface area contributed by atoms with Gasteiger partial charge in [-0.2, -0.15) is 0 Å². The summed E-state index contributed by atoms with van der Waals surface area (Å²) in [5.41, 5.74) is 7.43. The molecule has 0 aliphatic heterocycles. The third-order valence-corrected chi connectivity index (χ3v) is 2.94. The largest absolute Gasteiger partial charge is 0.397 e. The van der Waals surface area contributed by atoms with Crippen molar-refractivity contribution < 1.29 is 4.74 Å². The second-order valence-electron chi connectivity index (χ2n) is 4.05. The maximum absolute atomic E-state index is 5.88. The fourth-order valence-electron chi connectivity index (χ4n) is 1.07. The molecule has 4 heteroatoms. The Morgan fingerprint density at radius 1 is 1.47 bits per heavy atom. The molecule has 0 saturated carbocycles. The number of benzene rings is 1. The standard InChI is InChI=1S/C11H17IN2O/c1-11(2,15-3)7-14-10-5-4-8(12)6-9(10)13/h4-6,14H,7,13H2,1-3H3. The molecule has 1 aromatic rings. The Bertz CT molecular complexity index is 339. The molecule has 0 radical (unpaired) electrons. The van der Waals surface area contributed by atoms with Crippen LogP contribution in [-0.4, -0.2) is 19.3 Å². The summed E-state index contributed by atoms with van der Waals surface area (Å²) < 4.78 is 6.46. The first-order valence-electron chi connectivity index (χ1n) is 4.79. The monoisotopic (exact) mass is 320 g/mol. The van der Waals surface area contributed by atoms with Gasteiger partial charge in [-0.05, 0) is 54.6 Å². The molecular weight excluding hydrogens is 303 g/mol. The summed E-state index contributed by atoms with van der Waals surface area (Å²) in [4.78, 5) is 0. The number of ether oxygens (including phenoxy) is 1. The van der Waals surface area contributed by atoms with Crippen LogP contribution in [0.1, 0.15) is 13.8 Å². The van der Waals surface area contributed by atoms with Gasteiger partial charge in [0.05, 0.1) is 17.0 Å². The van der Waals surface area contributed by atoms with Crippen molar-refractivity contribution >= 4 is 34.0 Å². The van der Waals surface area contributed by atoms with Crippen molar-refractivity contribution in [2.75, 3.05) is 24.7 Å². The van der Waals surface area contributed by atoms with E-state index in [0.717, 1.165) is 21.5 Å². The summed E-state index contributed by atoms with van der Waals surface area (Å²) in [6.07, 6.45) is 0. The van der Waals surface area contributed by atoms with Gasteiger partial charge < -0.3 is 15.8 Å². The van der Waals surface area contributed by atoms with Crippen LogP contribution in [-0.2, 0) is 4.74 Å². The predicted molar refractivity (Wildman–Crippen MR) is 73.1 cm³/mol. The molecular formula is C11H17IN2O. The number of nitrogens with one attached hydrogen (secondary N) is 1. The molecule has 3 nitrogen and oxygen atoms in total. The summed E-state index contributed by atoms with van der Waals surface area (Å²) in [7, 11) is 1.71. The zero-order chi connectivity index (χ0) is 11.5. The molecule has 0 unspecified atom stereocenters. The number of halogens is 1. The van der Waals surface area contributed by atoms with Crippen LogP contribution in [0, 0.1) is 3.57 Å². The van der Waals surface area contributed by atoms with Crippen molar-refractivity contribution in [3.8, 4) is 0 Å². The van der Waals surface area contributed by atoms with Gasteiger partial charge in [-0.3, -0.25) is 0 Å². The van der Waals surface area contributed by atoms with Gasteiger partial charge >= 0.3 is 0 Å². The lowest BCUT2D eigenvalue weighted by Crippen LogP contribution is -2.32. The summed E-state index contributed by atoms with van der Waals surface area (Å²) >= 11 is 2.24. The van der Waals surface area contributed by atoms with Gasteiger partial charge in [0.1, 0.15) is 0 Å². The van der Waals surface area contributed by atoms with E-state index in [2.05, 4.69) is 27.9 Å². The van der Waals surface area contributed by atoms with Gasteiger partial charge in [0.15, 0.2) is 0 Å². The molecule has 0 bridgehead atoms. The van der Waals surface area contributed by atoms with Crippen molar-refractivity contribution in [3.63, 3.8) is 0 Å². The van der Waals surface area contributed by atoms with E-state index in [1.54, 1.807) is 7.11 Å². The minimum absolute atomic E-state index is 0.185. The molecule has 84 valence electrons. The predicted octanol–water partition coefficient (Wildman–Crippen LogP) is 2.71. The Morgan fingerprint density at radius 2 is 2.13 bits per heavy atom. The van der Waals surface area contributed by atoms with E-state index in [1.807, 2.05) is 32.0 Å². The summed E-state index contributed by atoms with van der Waals surface area (Å²) in [6, 6.07) is 5.96. The number of methoxy groups -OCH3 is 1. The highest BCUT2D eigenvalue weighted by Crippen LogP contribution is 2.21. The average molecular weight is 320 g/mol. The SMILES string of the molecule is COC(C)(C)CNc1ccc(I)cc1N. The van der Waals surface area contributed by atoms with E-state index in [-0.39, 0.29) is 5.60 Å². The zero-order valence-corrected chi connectivity index (χ0v) is 11.5. The molecule has 1 aromatic carbocycles. The molecule has 0 amide bonds.